The Morgan fingerprint density at radius 1 is 0.970 bits per heavy atom. The van der Waals surface area contributed by atoms with Crippen LogP contribution in [0.1, 0.15) is 47.4 Å². The summed E-state index contributed by atoms with van der Waals surface area (Å²) < 4.78 is 31.7. The van der Waals surface area contributed by atoms with Gasteiger partial charge in [0.25, 0.3) is 5.91 Å². The molecular weight excluding hydrogens is 465 g/mol. The summed E-state index contributed by atoms with van der Waals surface area (Å²) in [6.45, 7) is 5.67. The number of carbonyl (C=O) groups is 3. The van der Waals surface area contributed by atoms with E-state index < -0.39 is 18.1 Å². The molecular formula is C22H24ClF3N2O5. The SMILES string of the molecule is CCCN(CCC)c1ccc(NC(=O)c2ccccc2Cl)cc1C(=O)O.O=C(O)C(F)(F)F. The van der Waals surface area contributed by atoms with Crippen LogP contribution in [0.3, 0.4) is 0 Å². The number of rotatable bonds is 8. The van der Waals surface area contributed by atoms with Gasteiger partial charge in [-0.15, -0.1) is 0 Å². The highest BCUT2D eigenvalue weighted by Gasteiger charge is 2.38. The predicted molar refractivity (Wildman–Crippen MR) is 119 cm³/mol. The second-order valence-corrected chi connectivity index (χ2v) is 7.17. The molecule has 0 saturated heterocycles. The molecule has 0 spiro atoms. The van der Waals surface area contributed by atoms with E-state index in [-0.39, 0.29) is 11.5 Å². The van der Waals surface area contributed by atoms with E-state index in [1.165, 1.54) is 6.07 Å². The molecule has 0 bridgehead atoms. The molecule has 0 aliphatic carbocycles. The number of halogens is 4. The standard InChI is InChI=1S/C20H23ClN2O3.C2HF3O2/c1-3-11-23(12-4-2)18-10-9-14(13-16(18)20(25)26)22-19(24)15-7-5-6-8-17(15)21;3-2(4,5)1(6)7/h5-10,13H,3-4,11-12H2,1-2H3,(H,22,24)(H,25,26);(H,6,7). The van der Waals surface area contributed by atoms with Crippen LogP contribution in [0.5, 0.6) is 0 Å². The molecule has 33 heavy (non-hydrogen) atoms. The lowest BCUT2D eigenvalue weighted by molar-refractivity contribution is -0.192. The Hall–Kier alpha value is -3.27. The Bertz CT molecular complexity index is 977. The average molecular weight is 489 g/mol. The van der Waals surface area contributed by atoms with Crippen molar-refractivity contribution in [3.63, 3.8) is 0 Å². The van der Waals surface area contributed by atoms with Crippen molar-refractivity contribution in [2.75, 3.05) is 23.3 Å². The van der Waals surface area contributed by atoms with Gasteiger partial charge in [-0.2, -0.15) is 13.2 Å². The van der Waals surface area contributed by atoms with Crippen LogP contribution in [-0.2, 0) is 4.79 Å². The molecule has 0 heterocycles. The van der Waals surface area contributed by atoms with Crippen molar-refractivity contribution in [1.29, 1.82) is 0 Å². The smallest absolute Gasteiger partial charge is 0.478 e. The first-order valence-corrected chi connectivity index (χ1v) is 10.3. The zero-order valence-corrected chi connectivity index (χ0v) is 18.7. The first kappa shape index (κ1) is 27.8. The molecule has 180 valence electrons. The second kappa shape index (κ2) is 12.7. The zero-order valence-electron chi connectivity index (χ0n) is 17.9. The number of aromatic carboxylic acids is 1. The molecule has 1 amide bonds. The number of amides is 1. The average Bonchev–Trinajstić information content (AvgIpc) is 2.73. The van der Waals surface area contributed by atoms with Gasteiger partial charge in [-0.05, 0) is 43.2 Å². The quantitative estimate of drug-likeness (QED) is 0.449. The molecule has 0 unspecified atom stereocenters. The number of hydrogen-bond acceptors (Lipinski definition) is 4. The molecule has 2 aromatic carbocycles. The van der Waals surface area contributed by atoms with Crippen LogP contribution < -0.4 is 10.2 Å². The van der Waals surface area contributed by atoms with Gasteiger partial charge in [-0.3, -0.25) is 4.79 Å². The van der Waals surface area contributed by atoms with Crippen LogP contribution in [0, 0.1) is 0 Å². The van der Waals surface area contributed by atoms with Crippen molar-refractivity contribution in [3.05, 3.63) is 58.6 Å². The lowest BCUT2D eigenvalue weighted by atomic mass is 10.1. The first-order valence-electron chi connectivity index (χ1n) is 9.90. The molecule has 0 aliphatic heterocycles. The topological polar surface area (TPSA) is 107 Å². The number of nitrogens with zero attached hydrogens (tertiary/aromatic N) is 1. The maximum atomic E-state index is 12.4. The highest BCUT2D eigenvalue weighted by atomic mass is 35.5. The van der Waals surface area contributed by atoms with Gasteiger partial charge in [0.1, 0.15) is 0 Å². The van der Waals surface area contributed by atoms with Crippen LogP contribution in [0.25, 0.3) is 0 Å². The molecule has 0 aromatic heterocycles. The maximum Gasteiger partial charge on any atom is 0.490 e. The summed E-state index contributed by atoms with van der Waals surface area (Å²) in [6, 6.07) is 11.7. The van der Waals surface area contributed by atoms with Gasteiger partial charge < -0.3 is 20.4 Å². The van der Waals surface area contributed by atoms with E-state index in [9.17, 15) is 27.9 Å². The Balaban J connectivity index is 0.000000675. The normalized spacial score (nSPS) is 10.6. The molecule has 0 saturated carbocycles. The highest BCUT2D eigenvalue weighted by molar-refractivity contribution is 6.34. The van der Waals surface area contributed by atoms with Crippen LogP contribution in [0.4, 0.5) is 24.5 Å². The minimum Gasteiger partial charge on any atom is -0.478 e. The van der Waals surface area contributed by atoms with Crippen molar-refractivity contribution in [2.24, 2.45) is 0 Å². The fraction of sp³-hybridized carbons (Fsp3) is 0.318. The molecule has 0 aliphatic rings. The number of benzene rings is 2. The van der Waals surface area contributed by atoms with Gasteiger partial charge in [0.15, 0.2) is 0 Å². The fourth-order valence-corrected chi connectivity index (χ4v) is 3.02. The molecule has 7 nitrogen and oxygen atoms in total. The summed E-state index contributed by atoms with van der Waals surface area (Å²) in [5, 5.41) is 19.8. The number of hydrogen-bond donors (Lipinski definition) is 3. The van der Waals surface area contributed by atoms with Crippen molar-refractivity contribution in [3.8, 4) is 0 Å². The monoisotopic (exact) mass is 488 g/mol. The number of carboxylic acid groups (broad SMARTS) is 2. The van der Waals surface area contributed by atoms with E-state index in [1.807, 2.05) is 0 Å². The summed E-state index contributed by atoms with van der Waals surface area (Å²) in [6.07, 6.45) is -3.24. The Kier molecular flexibility index (Phi) is 10.7. The fourth-order valence-electron chi connectivity index (χ4n) is 2.80. The van der Waals surface area contributed by atoms with Gasteiger partial charge in [0.2, 0.25) is 0 Å². The summed E-state index contributed by atoms with van der Waals surface area (Å²) in [4.78, 5) is 35.1. The van der Waals surface area contributed by atoms with Gasteiger partial charge >= 0.3 is 18.1 Å². The summed E-state index contributed by atoms with van der Waals surface area (Å²) in [7, 11) is 0. The van der Waals surface area contributed by atoms with E-state index >= 15 is 0 Å². The van der Waals surface area contributed by atoms with Crippen LogP contribution >= 0.6 is 11.6 Å². The van der Waals surface area contributed by atoms with Crippen molar-refractivity contribution >= 4 is 40.8 Å². The Labute approximate surface area is 193 Å². The molecule has 0 fully saturated rings. The van der Waals surface area contributed by atoms with E-state index in [2.05, 4.69) is 24.1 Å². The Morgan fingerprint density at radius 3 is 1.97 bits per heavy atom. The third kappa shape index (κ3) is 8.64. The largest absolute Gasteiger partial charge is 0.490 e. The molecule has 11 heteroatoms. The minimum atomic E-state index is -5.08. The predicted octanol–water partition coefficient (Wildman–Crippen LogP) is 5.55. The summed E-state index contributed by atoms with van der Waals surface area (Å²) >= 11 is 6.04. The second-order valence-electron chi connectivity index (χ2n) is 6.76. The number of alkyl halides is 3. The number of carboxylic acids is 2. The molecule has 3 N–H and O–H groups in total. The number of anilines is 2. The van der Waals surface area contributed by atoms with Crippen molar-refractivity contribution in [1.82, 2.24) is 0 Å². The van der Waals surface area contributed by atoms with Gasteiger partial charge in [-0.25, -0.2) is 9.59 Å². The molecule has 2 aromatic rings. The number of nitrogens with one attached hydrogen (secondary N) is 1. The third-order valence-corrected chi connectivity index (χ3v) is 4.50. The van der Waals surface area contributed by atoms with E-state index in [1.54, 1.807) is 36.4 Å². The summed E-state index contributed by atoms with van der Waals surface area (Å²) in [5.41, 5.74) is 1.60. The zero-order chi connectivity index (χ0) is 25.2. The van der Waals surface area contributed by atoms with E-state index in [4.69, 9.17) is 21.5 Å². The van der Waals surface area contributed by atoms with Crippen molar-refractivity contribution < 1.29 is 37.8 Å². The Morgan fingerprint density at radius 2 is 1.52 bits per heavy atom. The molecule has 0 atom stereocenters. The lowest BCUT2D eigenvalue weighted by Gasteiger charge is -2.25. The number of aliphatic carboxylic acids is 1. The van der Waals surface area contributed by atoms with Crippen molar-refractivity contribution in [2.45, 2.75) is 32.9 Å². The highest BCUT2D eigenvalue weighted by Crippen LogP contribution is 2.26. The van der Waals surface area contributed by atoms with Gasteiger partial charge in [0, 0.05) is 18.8 Å². The van der Waals surface area contributed by atoms with E-state index in [0.29, 0.717) is 22.0 Å². The lowest BCUT2D eigenvalue weighted by Crippen LogP contribution is -2.27. The minimum absolute atomic E-state index is 0.170. The first-order chi connectivity index (χ1) is 15.4. The summed E-state index contributed by atoms with van der Waals surface area (Å²) in [5.74, 6) is -4.16. The van der Waals surface area contributed by atoms with Crippen LogP contribution in [-0.4, -0.2) is 47.3 Å². The van der Waals surface area contributed by atoms with Crippen LogP contribution in [0.2, 0.25) is 5.02 Å². The maximum absolute atomic E-state index is 12.4. The molecule has 2 rings (SSSR count). The third-order valence-electron chi connectivity index (χ3n) is 4.17. The molecule has 0 radical (unpaired) electrons. The van der Waals surface area contributed by atoms with Gasteiger partial charge in [0.05, 0.1) is 21.8 Å². The van der Waals surface area contributed by atoms with Crippen LogP contribution in [0.15, 0.2) is 42.5 Å². The van der Waals surface area contributed by atoms with Gasteiger partial charge in [-0.1, -0.05) is 37.6 Å². The van der Waals surface area contributed by atoms with E-state index in [0.717, 1.165) is 25.9 Å². The number of carbonyl (C=O) groups excluding carboxylic acids is 1.